The SMILES string of the molecule is CCCC(C)CC(=O)CC1(N)CCC1. The Labute approximate surface area is 87.2 Å². The lowest BCUT2D eigenvalue weighted by Crippen LogP contribution is -2.48. The predicted molar refractivity (Wildman–Crippen MR) is 59.1 cm³/mol. The predicted octanol–water partition coefficient (Wildman–Crippen LogP) is 2.65. The van der Waals surface area contributed by atoms with Crippen LogP contribution in [0.25, 0.3) is 0 Å². The van der Waals surface area contributed by atoms with Crippen LogP contribution in [0.4, 0.5) is 0 Å². The molecule has 0 amide bonds. The summed E-state index contributed by atoms with van der Waals surface area (Å²) in [5, 5.41) is 0. The van der Waals surface area contributed by atoms with Crippen molar-refractivity contribution in [2.24, 2.45) is 11.7 Å². The lowest BCUT2D eigenvalue weighted by atomic mass is 9.73. The Hall–Kier alpha value is -0.370. The van der Waals surface area contributed by atoms with Crippen molar-refractivity contribution in [3.8, 4) is 0 Å². The van der Waals surface area contributed by atoms with Gasteiger partial charge in [0.2, 0.25) is 0 Å². The third kappa shape index (κ3) is 3.41. The molecule has 1 saturated carbocycles. The smallest absolute Gasteiger partial charge is 0.135 e. The second kappa shape index (κ2) is 4.92. The molecule has 0 radical (unpaired) electrons. The average Bonchev–Trinajstić information content (AvgIpc) is 2.01. The van der Waals surface area contributed by atoms with E-state index in [9.17, 15) is 4.79 Å². The third-order valence-corrected chi connectivity index (χ3v) is 3.26. The summed E-state index contributed by atoms with van der Waals surface area (Å²) in [4.78, 5) is 11.7. The first-order chi connectivity index (χ1) is 6.56. The largest absolute Gasteiger partial charge is 0.325 e. The second-order valence-electron chi connectivity index (χ2n) is 5.03. The zero-order valence-electron chi connectivity index (χ0n) is 9.51. The molecule has 1 aliphatic carbocycles. The summed E-state index contributed by atoms with van der Waals surface area (Å²) in [6.07, 6.45) is 6.95. The van der Waals surface area contributed by atoms with E-state index < -0.39 is 0 Å². The van der Waals surface area contributed by atoms with Crippen LogP contribution in [0.1, 0.15) is 58.8 Å². The van der Waals surface area contributed by atoms with Gasteiger partial charge in [-0.2, -0.15) is 0 Å². The molecular weight excluding hydrogens is 174 g/mol. The highest BCUT2D eigenvalue weighted by Crippen LogP contribution is 2.33. The lowest BCUT2D eigenvalue weighted by molar-refractivity contribution is -0.121. The summed E-state index contributed by atoms with van der Waals surface area (Å²) in [5.74, 6) is 0.907. The Kier molecular flexibility index (Phi) is 4.11. The number of ketones is 1. The maximum absolute atomic E-state index is 11.7. The highest BCUT2D eigenvalue weighted by Gasteiger charge is 2.34. The molecule has 2 heteroatoms. The first-order valence-electron chi connectivity index (χ1n) is 5.86. The van der Waals surface area contributed by atoms with Crippen molar-refractivity contribution in [1.82, 2.24) is 0 Å². The molecule has 1 aliphatic rings. The second-order valence-corrected chi connectivity index (χ2v) is 5.03. The molecule has 0 aromatic heterocycles. The van der Waals surface area contributed by atoms with Gasteiger partial charge < -0.3 is 5.73 Å². The molecule has 2 nitrogen and oxygen atoms in total. The van der Waals surface area contributed by atoms with Gasteiger partial charge in [-0.25, -0.2) is 0 Å². The Morgan fingerprint density at radius 1 is 1.50 bits per heavy atom. The standard InChI is InChI=1S/C12H23NO/c1-3-5-10(2)8-11(14)9-12(13)6-4-7-12/h10H,3-9,13H2,1-2H3. The van der Waals surface area contributed by atoms with Crippen LogP contribution in [-0.4, -0.2) is 11.3 Å². The van der Waals surface area contributed by atoms with Crippen LogP contribution in [0.5, 0.6) is 0 Å². The van der Waals surface area contributed by atoms with Crippen molar-refractivity contribution in [2.45, 2.75) is 64.3 Å². The number of hydrogen-bond acceptors (Lipinski definition) is 2. The third-order valence-electron chi connectivity index (χ3n) is 3.26. The van der Waals surface area contributed by atoms with Gasteiger partial charge in [0.15, 0.2) is 0 Å². The highest BCUT2D eigenvalue weighted by atomic mass is 16.1. The van der Waals surface area contributed by atoms with Gasteiger partial charge in [-0.15, -0.1) is 0 Å². The Bertz CT molecular complexity index is 196. The number of Topliss-reactive ketones (excluding diaryl/α,β-unsaturated/α-hetero) is 1. The molecule has 14 heavy (non-hydrogen) atoms. The van der Waals surface area contributed by atoms with E-state index in [0.717, 1.165) is 25.7 Å². The maximum Gasteiger partial charge on any atom is 0.135 e. The van der Waals surface area contributed by atoms with Gasteiger partial charge in [0.25, 0.3) is 0 Å². The number of hydrogen-bond donors (Lipinski definition) is 1. The fourth-order valence-corrected chi connectivity index (χ4v) is 2.26. The normalized spacial score (nSPS) is 21.4. The van der Waals surface area contributed by atoms with E-state index in [1.165, 1.54) is 12.8 Å². The van der Waals surface area contributed by atoms with Gasteiger partial charge in [-0.05, 0) is 25.2 Å². The van der Waals surface area contributed by atoms with Gasteiger partial charge >= 0.3 is 0 Å². The molecule has 0 aromatic carbocycles. The van der Waals surface area contributed by atoms with Crippen LogP contribution in [0.3, 0.4) is 0 Å². The van der Waals surface area contributed by atoms with Gasteiger partial charge in [-0.1, -0.05) is 26.7 Å². The van der Waals surface area contributed by atoms with Crippen LogP contribution in [0.2, 0.25) is 0 Å². The van der Waals surface area contributed by atoms with E-state index in [0.29, 0.717) is 18.1 Å². The quantitative estimate of drug-likeness (QED) is 0.711. The van der Waals surface area contributed by atoms with Crippen LogP contribution < -0.4 is 5.73 Å². The Morgan fingerprint density at radius 3 is 2.57 bits per heavy atom. The van der Waals surface area contributed by atoms with E-state index in [-0.39, 0.29) is 5.54 Å². The molecule has 0 spiro atoms. The van der Waals surface area contributed by atoms with Gasteiger partial charge in [0.05, 0.1) is 0 Å². The molecule has 2 N–H and O–H groups in total. The topological polar surface area (TPSA) is 43.1 Å². The lowest BCUT2D eigenvalue weighted by Gasteiger charge is -2.37. The van der Waals surface area contributed by atoms with E-state index >= 15 is 0 Å². The van der Waals surface area contributed by atoms with E-state index in [1.807, 2.05) is 0 Å². The zero-order valence-corrected chi connectivity index (χ0v) is 9.51. The summed E-state index contributed by atoms with van der Waals surface area (Å²) in [5.41, 5.74) is 5.91. The van der Waals surface area contributed by atoms with E-state index in [2.05, 4.69) is 13.8 Å². The number of rotatable bonds is 6. The monoisotopic (exact) mass is 197 g/mol. The Balaban J connectivity index is 2.21. The van der Waals surface area contributed by atoms with Crippen LogP contribution in [-0.2, 0) is 4.79 Å². The summed E-state index contributed by atoms with van der Waals surface area (Å²) in [7, 11) is 0. The molecular formula is C12H23NO. The van der Waals surface area contributed by atoms with Gasteiger partial charge in [0, 0.05) is 18.4 Å². The molecule has 0 aromatic rings. The van der Waals surface area contributed by atoms with Crippen molar-refractivity contribution < 1.29 is 4.79 Å². The van der Waals surface area contributed by atoms with Crippen molar-refractivity contribution in [3.63, 3.8) is 0 Å². The maximum atomic E-state index is 11.7. The zero-order chi connectivity index (χ0) is 10.6. The molecule has 82 valence electrons. The molecule has 0 heterocycles. The van der Waals surface area contributed by atoms with Gasteiger partial charge in [-0.3, -0.25) is 4.79 Å². The minimum atomic E-state index is -0.122. The summed E-state index contributed by atoms with van der Waals surface area (Å²) in [6.45, 7) is 4.32. The molecule has 1 rings (SSSR count). The number of carbonyl (C=O) groups is 1. The highest BCUT2D eigenvalue weighted by molar-refractivity contribution is 5.80. The summed E-state index contributed by atoms with van der Waals surface area (Å²) >= 11 is 0. The first-order valence-corrected chi connectivity index (χ1v) is 5.86. The minimum absolute atomic E-state index is 0.122. The fraction of sp³-hybridized carbons (Fsp3) is 0.917. The minimum Gasteiger partial charge on any atom is -0.325 e. The van der Waals surface area contributed by atoms with E-state index in [1.54, 1.807) is 0 Å². The van der Waals surface area contributed by atoms with Crippen molar-refractivity contribution >= 4 is 5.78 Å². The first kappa shape index (κ1) is 11.7. The molecule has 0 bridgehead atoms. The van der Waals surface area contributed by atoms with Gasteiger partial charge in [0.1, 0.15) is 5.78 Å². The summed E-state index contributed by atoms with van der Waals surface area (Å²) < 4.78 is 0. The van der Waals surface area contributed by atoms with Crippen molar-refractivity contribution in [1.29, 1.82) is 0 Å². The molecule has 0 saturated heterocycles. The van der Waals surface area contributed by atoms with Crippen LogP contribution in [0, 0.1) is 5.92 Å². The number of nitrogens with two attached hydrogens (primary N) is 1. The van der Waals surface area contributed by atoms with E-state index in [4.69, 9.17) is 5.73 Å². The number of carbonyl (C=O) groups excluding carboxylic acids is 1. The van der Waals surface area contributed by atoms with Crippen LogP contribution >= 0.6 is 0 Å². The average molecular weight is 197 g/mol. The van der Waals surface area contributed by atoms with Crippen molar-refractivity contribution in [3.05, 3.63) is 0 Å². The molecule has 0 aliphatic heterocycles. The summed E-state index contributed by atoms with van der Waals surface area (Å²) in [6, 6.07) is 0. The molecule has 1 fully saturated rings. The molecule has 1 unspecified atom stereocenters. The fourth-order valence-electron chi connectivity index (χ4n) is 2.26. The van der Waals surface area contributed by atoms with Crippen LogP contribution in [0.15, 0.2) is 0 Å². The Morgan fingerprint density at radius 2 is 2.14 bits per heavy atom. The van der Waals surface area contributed by atoms with Crippen molar-refractivity contribution in [2.75, 3.05) is 0 Å². The molecule has 1 atom stereocenters.